The number of hydrogen-bond acceptors (Lipinski definition) is 3. The van der Waals surface area contributed by atoms with Crippen molar-refractivity contribution in [1.29, 1.82) is 0 Å². The van der Waals surface area contributed by atoms with Crippen LogP contribution in [0.1, 0.15) is 6.42 Å². The van der Waals surface area contributed by atoms with E-state index in [1.54, 1.807) is 18.2 Å². The van der Waals surface area contributed by atoms with Gasteiger partial charge in [0.05, 0.1) is 11.6 Å². The Morgan fingerprint density at radius 2 is 2.29 bits per heavy atom. The van der Waals surface area contributed by atoms with Gasteiger partial charge in [-0.05, 0) is 31.2 Å². The Morgan fingerprint density at radius 1 is 1.47 bits per heavy atom. The molecule has 2 N–H and O–H groups in total. The summed E-state index contributed by atoms with van der Waals surface area (Å²) in [4.78, 5) is 0. The first kappa shape index (κ1) is 13.0. The maximum atomic E-state index is 9.37. The average molecular weight is 276 g/mol. The molecule has 1 saturated heterocycles. The topological polar surface area (TPSA) is 41.5 Å². The molecular weight excluding hydrogens is 261 g/mol. The summed E-state index contributed by atoms with van der Waals surface area (Å²) in [6.45, 7) is 1.83. The zero-order valence-corrected chi connectivity index (χ0v) is 10.8. The summed E-state index contributed by atoms with van der Waals surface area (Å²) in [5.41, 5.74) is 0. The minimum atomic E-state index is -0.219. The van der Waals surface area contributed by atoms with E-state index in [4.69, 9.17) is 27.9 Å². The van der Waals surface area contributed by atoms with Crippen LogP contribution in [-0.4, -0.2) is 30.9 Å². The molecule has 3 nitrogen and oxygen atoms in total. The molecule has 1 unspecified atom stereocenters. The summed E-state index contributed by atoms with van der Waals surface area (Å²) in [5.74, 6) is 0.897. The van der Waals surface area contributed by atoms with Gasteiger partial charge in [-0.2, -0.15) is 0 Å². The van der Waals surface area contributed by atoms with Crippen LogP contribution in [-0.2, 0) is 0 Å². The van der Waals surface area contributed by atoms with Gasteiger partial charge in [-0.25, -0.2) is 0 Å². The van der Waals surface area contributed by atoms with Crippen LogP contribution in [0.5, 0.6) is 5.75 Å². The maximum absolute atomic E-state index is 9.37. The van der Waals surface area contributed by atoms with Crippen molar-refractivity contribution in [2.45, 2.75) is 12.5 Å². The Balaban J connectivity index is 2.06. The lowest BCUT2D eigenvalue weighted by Crippen LogP contribution is -2.32. The molecule has 2 rings (SSSR count). The second kappa shape index (κ2) is 5.91. The normalized spacial score (nSPS) is 21.5. The van der Waals surface area contributed by atoms with Crippen molar-refractivity contribution in [2.24, 2.45) is 5.92 Å². The third-order valence-corrected chi connectivity index (χ3v) is 3.51. The van der Waals surface area contributed by atoms with E-state index in [1.165, 1.54) is 0 Å². The van der Waals surface area contributed by atoms with Crippen LogP contribution in [0.2, 0.25) is 10.0 Å². The van der Waals surface area contributed by atoms with Gasteiger partial charge in [-0.3, -0.25) is 0 Å². The third-order valence-electron chi connectivity index (χ3n) is 2.98. The Hall–Kier alpha value is -0.480. The van der Waals surface area contributed by atoms with Crippen molar-refractivity contribution in [2.75, 3.05) is 19.7 Å². The summed E-state index contributed by atoms with van der Waals surface area (Å²) in [7, 11) is 0. The highest BCUT2D eigenvalue weighted by molar-refractivity contribution is 6.35. The summed E-state index contributed by atoms with van der Waals surface area (Å²) < 4.78 is 5.75. The Labute approximate surface area is 111 Å². The fraction of sp³-hybridized carbons (Fsp3) is 0.500. The molecule has 17 heavy (non-hydrogen) atoms. The Bertz CT molecular complexity index is 381. The molecule has 5 heteroatoms. The highest BCUT2D eigenvalue weighted by Gasteiger charge is 2.26. The highest BCUT2D eigenvalue weighted by atomic mass is 35.5. The zero-order chi connectivity index (χ0) is 12.3. The first-order chi connectivity index (χ1) is 8.20. The van der Waals surface area contributed by atoms with Crippen LogP contribution >= 0.6 is 23.2 Å². The monoisotopic (exact) mass is 275 g/mol. The number of benzene rings is 1. The van der Waals surface area contributed by atoms with E-state index in [-0.39, 0.29) is 12.7 Å². The summed E-state index contributed by atoms with van der Waals surface area (Å²) in [6.07, 6.45) is 0.792. The molecule has 0 aliphatic carbocycles. The van der Waals surface area contributed by atoms with E-state index >= 15 is 0 Å². The van der Waals surface area contributed by atoms with Crippen molar-refractivity contribution in [3.05, 3.63) is 28.2 Å². The van der Waals surface area contributed by atoms with Gasteiger partial charge in [0.15, 0.2) is 0 Å². The van der Waals surface area contributed by atoms with Gasteiger partial charge in [0, 0.05) is 17.5 Å². The van der Waals surface area contributed by atoms with E-state index in [9.17, 15) is 5.11 Å². The van der Waals surface area contributed by atoms with Gasteiger partial charge < -0.3 is 15.2 Å². The third kappa shape index (κ3) is 3.26. The SMILES string of the molecule is OC[C@@H](Oc1ccc(Cl)cc1Cl)C1CCNC1. The van der Waals surface area contributed by atoms with Gasteiger partial charge in [0.2, 0.25) is 0 Å². The highest BCUT2D eigenvalue weighted by Crippen LogP contribution is 2.30. The second-order valence-corrected chi connectivity index (χ2v) is 5.01. The number of aliphatic hydroxyl groups excluding tert-OH is 1. The number of halogens is 2. The summed E-state index contributed by atoms with van der Waals surface area (Å²) >= 11 is 11.8. The maximum Gasteiger partial charge on any atom is 0.138 e. The fourth-order valence-corrected chi connectivity index (χ4v) is 2.46. The lowest BCUT2D eigenvalue weighted by molar-refractivity contribution is 0.0743. The molecule has 2 atom stereocenters. The predicted molar refractivity (Wildman–Crippen MR) is 68.9 cm³/mol. The van der Waals surface area contributed by atoms with Gasteiger partial charge in [0.1, 0.15) is 11.9 Å². The van der Waals surface area contributed by atoms with Crippen LogP contribution in [0.15, 0.2) is 18.2 Å². The lowest BCUT2D eigenvalue weighted by atomic mass is 10.0. The average Bonchev–Trinajstić information content (AvgIpc) is 2.81. The van der Waals surface area contributed by atoms with Gasteiger partial charge in [0.25, 0.3) is 0 Å². The van der Waals surface area contributed by atoms with E-state index < -0.39 is 0 Å². The molecule has 0 aromatic heterocycles. The summed E-state index contributed by atoms with van der Waals surface area (Å²) in [6, 6.07) is 5.10. The van der Waals surface area contributed by atoms with Crippen molar-refractivity contribution in [1.82, 2.24) is 5.32 Å². The number of aliphatic hydroxyl groups is 1. The van der Waals surface area contributed by atoms with Crippen LogP contribution in [0.25, 0.3) is 0 Å². The number of nitrogens with one attached hydrogen (secondary N) is 1. The van der Waals surface area contributed by atoms with E-state index in [1.807, 2.05) is 0 Å². The number of hydrogen-bond donors (Lipinski definition) is 2. The molecule has 0 radical (unpaired) electrons. The Morgan fingerprint density at radius 3 is 2.88 bits per heavy atom. The van der Waals surface area contributed by atoms with Gasteiger partial charge >= 0.3 is 0 Å². The van der Waals surface area contributed by atoms with E-state index in [2.05, 4.69) is 5.32 Å². The summed E-state index contributed by atoms with van der Waals surface area (Å²) in [5, 5.41) is 13.7. The van der Waals surface area contributed by atoms with Crippen molar-refractivity contribution in [3.63, 3.8) is 0 Å². The standard InChI is InChI=1S/C12H15Cl2NO2/c13-9-1-2-11(10(14)5-9)17-12(7-16)8-3-4-15-6-8/h1-2,5,8,12,15-16H,3-4,6-7H2/t8?,12-/m1/s1. The molecule has 0 bridgehead atoms. The second-order valence-electron chi connectivity index (χ2n) is 4.17. The molecule has 0 amide bonds. The molecule has 0 spiro atoms. The molecule has 1 heterocycles. The van der Waals surface area contributed by atoms with E-state index in [0.717, 1.165) is 19.5 Å². The van der Waals surface area contributed by atoms with E-state index in [0.29, 0.717) is 21.7 Å². The molecular formula is C12H15Cl2NO2. The lowest BCUT2D eigenvalue weighted by Gasteiger charge is -2.22. The molecule has 1 aromatic carbocycles. The van der Waals surface area contributed by atoms with Crippen molar-refractivity contribution in [3.8, 4) is 5.75 Å². The largest absolute Gasteiger partial charge is 0.486 e. The minimum Gasteiger partial charge on any atom is -0.486 e. The first-order valence-electron chi connectivity index (χ1n) is 5.64. The molecule has 1 aromatic rings. The zero-order valence-electron chi connectivity index (χ0n) is 9.33. The Kier molecular flexibility index (Phi) is 4.51. The minimum absolute atomic E-state index is 0.00863. The van der Waals surface area contributed by atoms with Gasteiger partial charge in [-0.1, -0.05) is 23.2 Å². The van der Waals surface area contributed by atoms with Crippen LogP contribution in [0.3, 0.4) is 0 Å². The smallest absolute Gasteiger partial charge is 0.138 e. The molecule has 1 aliphatic rings. The number of rotatable bonds is 4. The van der Waals surface area contributed by atoms with Crippen LogP contribution in [0.4, 0.5) is 0 Å². The van der Waals surface area contributed by atoms with Crippen molar-refractivity contribution < 1.29 is 9.84 Å². The quantitative estimate of drug-likeness (QED) is 0.887. The van der Waals surface area contributed by atoms with Crippen molar-refractivity contribution >= 4 is 23.2 Å². The van der Waals surface area contributed by atoms with Crippen LogP contribution in [0, 0.1) is 5.92 Å². The molecule has 0 saturated carbocycles. The fourth-order valence-electron chi connectivity index (χ4n) is 2.01. The molecule has 1 aliphatic heterocycles. The molecule has 1 fully saturated rings. The van der Waals surface area contributed by atoms with Crippen LogP contribution < -0.4 is 10.1 Å². The molecule has 94 valence electrons. The predicted octanol–water partition coefficient (Wildman–Crippen LogP) is 2.34. The van der Waals surface area contributed by atoms with Gasteiger partial charge in [-0.15, -0.1) is 0 Å². The number of ether oxygens (including phenoxy) is 1. The first-order valence-corrected chi connectivity index (χ1v) is 6.39.